The maximum Gasteiger partial charge on any atom is 0.271 e. The van der Waals surface area contributed by atoms with E-state index in [0.717, 1.165) is 22.4 Å². The number of nitro groups is 1. The molecule has 1 unspecified atom stereocenters. The van der Waals surface area contributed by atoms with Gasteiger partial charge in [-0.25, -0.2) is 0 Å². The van der Waals surface area contributed by atoms with Crippen LogP contribution >= 0.6 is 11.6 Å². The standard InChI is InChI=1S/C21H25ClN4O4/c1-12-8-13(2)20(14(3)9-12)24-19(27)11-25(5)15(4)21(28)23-18-10-16(26(29)30)6-7-17(18)22/h6-10,15H,11H2,1-5H3,(H,23,28)(H,24,27). The normalized spacial score (nSPS) is 11.8. The van der Waals surface area contributed by atoms with Crippen LogP contribution in [0.2, 0.25) is 5.02 Å². The highest BCUT2D eigenvalue weighted by Crippen LogP contribution is 2.27. The van der Waals surface area contributed by atoms with Crippen molar-refractivity contribution in [3.05, 3.63) is 62.2 Å². The summed E-state index contributed by atoms with van der Waals surface area (Å²) in [6, 6.07) is 7.11. The van der Waals surface area contributed by atoms with Crippen LogP contribution in [-0.4, -0.2) is 41.3 Å². The van der Waals surface area contributed by atoms with Crippen LogP contribution < -0.4 is 10.6 Å². The second kappa shape index (κ2) is 9.69. The molecule has 0 spiro atoms. The third-order valence-corrected chi connectivity index (χ3v) is 5.12. The van der Waals surface area contributed by atoms with Gasteiger partial charge < -0.3 is 10.6 Å². The average molecular weight is 433 g/mol. The summed E-state index contributed by atoms with van der Waals surface area (Å²) in [6.07, 6.45) is 0. The Bertz CT molecular complexity index is 970. The number of non-ortho nitro benzene ring substituents is 1. The first-order valence-electron chi connectivity index (χ1n) is 9.32. The summed E-state index contributed by atoms with van der Waals surface area (Å²) in [4.78, 5) is 37.0. The minimum atomic E-state index is -0.675. The van der Waals surface area contributed by atoms with Crippen molar-refractivity contribution in [3.63, 3.8) is 0 Å². The van der Waals surface area contributed by atoms with E-state index in [1.807, 2.05) is 32.9 Å². The van der Waals surface area contributed by atoms with Crippen LogP contribution in [0.3, 0.4) is 0 Å². The molecule has 2 aromatic carbocycles. The molecule has 0 saturated heterocycles. The Kier molecular flexibility index (Phi) is 7.53. The maximum absolute atomic E-state index is 12.6. The average Bonchev–Trinajstić information content (AvgIpc) is 2.65. The zero-order valence-corrected chi connectivity index (χ0v) is 18.3. The number of rotatable bonds is 7. The van der Waals surface area contributed by atoms with Crippen LogP contribution in [0.25, 0.3) is 0 Å². The molecule has 1 atom stereocenters. The van der Waals surface area contributed by atoms with Crippen LogP contribution in [0.1, 0.15) is 23.6 Å². The van der Waals surface area contributed by atoms with Gasteiger partial charge in [-0.3, -0.25) is 24.6 Å². The van der Waals surface area contributed by atoms with Gasteiger partial charge in [0.2, 0.25) is 11.8 Å². The molecule has 2 amide bonds. The molecular formula is C21H25ClN4O4. The minimum Gasteiger partial charge on any atom is -0.324 e. The predicted octanol–water partition coefficient (Wildman–Crippen LogP) is 4.07. The van der Waals surface area contributed by atoms with Crippen molar-refractivity contribution >= 4 is 40.5 Å². The van der Waals surface area contributed by atoms with E-state index in [1.54, 1.807) is 18.9 Å². The number of aryl methyl sites for hydroxylation is 3. The molecule has 0 bridgehead atoms. The minimum absolute atomic E-state index is 0.00991. The van der Waals surface area contributed by atoms with Gasteiger partial charge in [0.15, 0.2) is 0 Å². The number of likely N-dealkylation sites (N-methyl/N-ethyl adjacent to an activating group) is 1. The molecule has 160 valence electrons. The van der Waals surface area contributed by atoms with E-state index in [2.05, 4.69) is 10.6 Å². The summed E-state index contributed by atoms with van der Waals surface area (Å²) in [5.41, 5.74) is 3.78. The summed E-state index contributed by atoms with van der Waals surface area (Å²) in [5, 5.41) is 16.6. The van der Waals surface area contributed by atoms with E-state index in [0.29, 0.717) is 0 Å². The van der Waals surface area contributed by atoms with Gasteiger partial charge in [0.05, 0.1) is 28.2 Å². The van der Waals surface area contributed by atoms with E-state index in [-0.39, 0.29) is 28.8 Å². The first kappa shape index (κ1) is 23.3. The van der Waals surface area contributed by atoms with Gasteiger partial charge in [-0.05, 0) is 51.9 Å². The van der Waals surface area contributed by atoms with Crippen molar-refractivity contribution in [1.29, 1.82) is 0 Å². The predicted molar refractivity (Wildman–Crippen MR) is 118 cm³/mol. The van der Waals surface area contributed by atoms with Gasteiger partial charge in [-0.15, -0.1) is 0 Å². The van der Waals surface area contributed by atoms with Crippen molar-refractivity contribution in [2.75, 3.05) is 24.2 Å². The van der Waals surface area contributed by atoms with Crippen molar-refractivity contribution in [2.24, 2.45) is 0 Å². The number of anilines is 2. The fourth-order valence-corrected chi connectivity index (χ4v) is 3.24. The zero-order valence-electron chi connectivity index (χ0n) is 17.6. The summed E-state index contributed by atoms with van der Waals surface area (Å²) >= 11 is 6.03. The topological polar surface area (TPSA) is 105 Å². The van der Waals surface area contributed by atoms with Gasteiger partial charge in [0, 0.05) is 17.8 Å². The molecule has 0 aliphatic heterocycles. The number of nitro benzene ring substituents is 1. The third-order valence-electron chi connectivity index (χ3n) is 4.79. The second-order valence-electron chi connectivity index (χ2n) is 7.32. The number of amides is 2. The lowest BCUT2D eigenvalue weighted by Crippen LogP contribution is -2.43. The van der Waals surface area contributed by atoms with E-state index in [9.17, 15) is 19.7 Å². The molecule has 0 saturated carbocycles. The molecule has 30 heavy (non-hydrogen) atoms. The Morgan fingerprint density at radius 2 is 1.73 bits per heavy atom. The molecule has 8 nitrogen and oxygen atoms in total. The van der Waals surface area contributed by atoms with Crippen LogP contribution in [0.4, 0.5) is 17.1 Å². The zero-order chi connectivity index (χ0) is 22.6. The van der Waals surface area contributed by atoms with Gasteiger partial charge in [-0.1, -0.05) is 29.3 Å². The molecule has 0 radical (unpaired) electrons. The Morgan fingerprint density at radius 1 is 1.13 bits per heavy atom. The highest BCUT2D eigenvalue weighted by atomic mass is 35.5. The van der Waals surface area contributed by atoms with Crippen molar-refractivity contribution in [3.8, 4) is 0 Å². The largest absolute Gasteiger partial charge is 0.324 e. The lowest BCUT2D eigenvalue weighted by molar-refractivity contribution is -0.384. The molecular weight excluding hydrogens is 408 g/mol. The van der Waals surface area contributed by atoms with Crippen LogP contribution in [0.5, 0.6) is 0 Å². The lowest BCUT2D eigenvalue weighted by atomic mass is 10.1. The van der Waals surface area contributed by atoms with Gasteiger partial charge in [0.25, 0.3) is 5.69 Å². The highest BCUT2D eigenvalue weighted by molar-refractivity contribution is 6.33. The van der Waals surface area contributed by atoms with Gasteiger partial charge in [0.1, 0.15) is 0 Å². The Hall–Kier alpha value is -2.97. The SMILES string of the molecule is Cc1cc(C)c(NC(=O)CN(C)C(C)C(=O)Nc2cc([N+](=O)[O-])ccc2Cl)c(C)c1. The number of halogens is 1. The second-order valence-corrected chi connectivity index (χ2v) is 7.73. The summed E-state index contributed by atoms with van der Waals surface area (Å²) in [7, 11) is 1.65. The van der Waals surface area contributed by atoms with Crippen LogP contribution in [-0.2, 0) is 9.59 Å². The first-order chi connectivity index (χ1) is 14.0. The molecule has 0 aliphatic rings. The summed E-state index contributed by atoms with van der Waals surface area (Å²) < 4.78 is 0. The van der Waals surface area contributed by atoms with Gasteiger partial charge >= 0.3 is 0 Å². The first-order valence-corrected chi connectivity index (χ1v) is 9.70. The Morgan fingerprint density at radius 3 is 2.30 bits per heavy atom. The highest BCUT2D eigenvalue weighted by Gasteiger charge is 2.22. The Balaban J connectivity index is 2.02. The van der Waals surface area contributed by atoms with E-state index in [4.69, 9.17) is 11.6 Å². The van der Waals surface area contributed by atoms with Crippen molar-refractivity contribution < 1.29 is 14.5 Å². The van der Waals surface area contributed by atoms with E-state index < -0.39 is 16.9 Å². The molecule has 2 N–H and O–H groups in total. The molecule has 0 aromatic heterocycles. The number of hydrogen-bond acceptors (Lipinski definition) is 5. The Labute approximate surface area is 180 Å². The third kappa shape index (κ3) is 5.77. The van der Waals surface area contributed by atoms with Crippen molar-refractivity contribution in [2.45, 2.75) is 33.7 Å². The molecule has 0 aliphatic carbocycles. The fraction of sp³-hybridized carbons (Fsp3) is 0.333. The number of nitrogens with zero attached hydrogens (tertiary/aromatic N) is 2. The van der Waals surface area contributed by atoms with Crippen molar-refractivity contribution in [1.82, 2.24) is 4.90 Å². The number of benzene rings is 2. The lowest BCUT2D eigenvalue weighted by Gasteiger charge is -2.24. The summed E-state index contributed by atoms with van der Waals surface area (Å²) in [5.74, 6) is -0.684. The number of nitrogens with one attached hydrogen (secondary N) is 2. The van der Waals surface area contributed by atoms with E-state index in [1.165, 1.54) is 18.2 Å². The van der Waals surface area contributed by atoms with Gasteiger partial charge in [-0.2, -0.15) is 0 Å². The van der Waals surface area contributed by atoms with E-state index >= 15 is 0 Å². The molecule has 9 heteroatoms. The monoisotopic (exact) mass is 432 g/mol. The van der Waals surface area contributed by atoms with Crippen LogP contribution in [0, 0.1) is 30.9 Å². The smallest absolute Gasteiger partial charge is 0.271 e. The fourth-order valence-electron chi connectivity index (χ4n) is 3.08. The maximum atomic E-state index is 12.6. The molecule has 2 aromatic rings. The van der Waals surface area contributed by atoms with Crippen LogP contribution in [0.15, 0.2) is 30.3 Å². The summed E-state index contributed by atoms with van der Waals surface area (Å²) in [6.45, 7) is 7.48. The number of carbonyl (C=O) groups excluding carboxylic acids is 2. The molecule has 0 fully saturated rings. The molecule has 2 rings (SSSR count). The number of carbonyl (C=O) groups is 2. The number of hydrogen-bond donors (Lipinski definition) is 2. The quantitative estimate of drug-likeness (QED) is 0.506. The molecule has 0 heterocycles.